The molecule has 0 amide bonds. The number of hydrogen-bond donors (Lipinski definition) is 1. The van der Waals surface area contributed by atoms with Gasteiger partial charge in [0.25, 0.3) is 0 Å². The standard InChI is InChI=1S/C37H40O6/c1-2-23-37(38)36(42-27-32-21-13-6-14-22-32)35(41-26-31-19-11-5-12-20-31)34(40-25-30-17-9-4-10-18-30)33(43-37)28-39-24-29-15-7-3-8-16-29/h2-22,33-36,38H,1,23-28H2/t33-,34-,35+,36-,37+/m1/s1. The molecular formula is C37H40O6. The minimum absolute atomic E-state index is 0.137. The lowest BCUT2D eigenvalue weighted by Crippen LogP contribution is -2.67. The minimum atomic E-state index is -1.72. The molecule has 0 aliphatic carbocycles. The van der Waals surface area contributed by atoms with E-state index in [2.05, 4.69) is 6.58 Å². The van der Waals surface area contributed by atoms with E-state index in [0.717, 1.165) is 22.3 Å². The molecule has 1 N–H and O–H groups in total. The van der Waals surface area contributed by atoms with Gasteiger partial charge < -0.3 is 28.8 Å². The summed E-state index contributed by atoms with van der Waals surface area (Å²) in [6.07, 6.45) is -1.03. The third kappa shape index (κ3) is 8.71. The second-order valence-electron chi connectivity index (χ2n) is 10.7. The first kappa shape index (κ1) is 30.8. The molecule has 4 aromatic rings. The Kier molecular flexibility index (Phi) is 11.3. The van der Waals surface area contributed by atoms with E-state index in [1.165, 1.54) is 0 Å². The van der Waals surface area contributed by atoms with Crippen molar-refractivity contribution in [2.45, 2.75) is 63.1 Å². The molecule has 1 saturated heterocycles. The van der Waals surface area contributed by atoms with Crippen LogP contribution in [0.4, 0.5) is 0 Å². The van der Waals surface area contributed by atoms with Gasteiger partial charge in [-0.1, -0.05) is 127 Å². The van der Waals surface area contributed by atoms with Crippen molar-refractivity contribution in [2.75, 3.05) is 6.61 Å². The zero-order valence-corrected chi connectivity index (χ0v) is 24.4. The van der Waals surface area contributed by atoms with Gasteiger partial charge in [0.15, 0.2) is 5.79 Å². The van der Waals surface area contributed by atoms with E-state index in [9.17, 15) is 5.11 Å². The summed E-state index contributed by atoms with van der Waals surface area (Å²) in [6.45, 7) is 5.38. The molecule has 0 spiro atoms. The predicted octanol–water partition coefficient (Wildman–Crippen LogP) is 6.62. The van der Waals surface area contributed by atoms with Gasteiger partial charge in [-0.15, -0.1) is 6.58 Å². The summed E-state index contributed by atoms with van der Waals surface area (Å²) in [5.74, 6) is -1.72. The lowest BCUT2D eigenvalue weighted by Gasteiger charge is -2.50. The lowest BCUT2D eigenvalue weighted by molar-refractivity contribution is -0.369. The van der Waals surface area contributed by atoms with Gasteiger partial charge in [0, 0.05) is 6.42 Å². The van der Waals surface area contributed by atoms with Crippen LogP contribution in [-0.4, -0.2) is 41.9 Å². The molecule has 0 unspecified atom stereocenters. The Labute approximate surface area is 254 Å². The maximum Gasteiger partial charge on any atom is 0.198 e. The highest BCUT2D eigenvalue weighted by Gasteiger charge is 2.55. The van der Waals surface area contributed by atoms with E-state index in [0.29, 0.717) is 19.8 Å². The molecular weight excluding hydrogens is 540 g/mol. The van der Waals surface area contributed by atoms with Crippen LogP contribution < -0.4 is 0 Å². The quantitative estimate of drug-likeness (QED) is 0.159. The fourth-order valence-corrected chi connectivity index (χ4v) is 5.31. The Balaban J connectivity index is 1.44. The largest absolute Gasteiger partial charge is 0.374 e. The first-order valence-electron chi connectivity index (χ1n) is 14.7. The summed E-state index contributed by atoms with van der Waals surface area (Å²) < 4.78 is 32.3. The topological polar surface area (TPSA) is 66.4 Å². The monoisotopic (exact) mass is 580 g/mol. The Hall–Kier alpha value is -3.62. The number of rotatable bonds is 15. The predicted molar refractivity (Wildman–Crippen MR) is 166 cm³/mol. The van der Waals surface area contributed by atoms with Gasteiger partial charge in [-0.3, -0.25) is 0 Å². The SMILES string of the molecule is C=CC[C@]1(O)O[C@H](COCc2ccccc2)[C@@H](OCc2ccccc2)[C@H](OCc2ccccc2)[C@H]1OCc1ccccc1. The number of benzene rings is 4. The van der Waals surface area contributed by atoms with E-state index in [1.807, 2.05) is 121 Å². The second kappa shape index (κ2) is 15.7. The zero-order valence-electron chi connectivity index (χ0n) is 24.4. The van der Waals surface area contributed by atoms with Crippen LogP contribution in [-0.2, 0) is 50.1 Å². The van der Waals surface area contributed by atoms with Crippen LogP contribution >= 0.6 is 0 Å². The van der Waals surface area contributed by atoms with E-state index >= 15 is 0 Å². The Bertz CT molecular complexity index is 1350. The Morgan fingerprint density at radius 1 is 0.605 bits per heavy atom. The third-order valence-electron chi connectivity index (χ3n) is 7.46. The van der Waals surface area contributed by atoms with Gasteiger partial charge in [0.2, 0.25) is 0 Å². The number of aliphatic hydroxyl groups is 1. The van der Waals surface area contributed by atoms with Gasteiger partial charge in [-0.05, 0) is 22.3 Å². The number of ether oxygens (including phenoxy) is 5. The van der Waals surface area contributed by atoms with E-state index in [-0.39, 0.29) is 19.6 Å². The van der Waals surface area contributed by atoms with Crippen LogP contribution in [0.2, 0.25) is 0 Å². The van der Waals surface area contributed by atoms with Crippen LogP contribution in [0.3, 0.4) is 0 Å². The fourth-order valence-electron chi connectivity index (χ4n) is 5.31. The molecule has 224 valence electrons. The van der Waals surface area contributed by atoms with E-state index in [1.54, 1.807) is 6.08 Å². The van der Waals surface area contributed by atoms with Crippen molar-refractivity contribution in [1.82, 2.24) is 0 Å². The molecule has 0 saturated carbocycles. The number of hydrogen-bond acceptors (Lipinski definition) is 6. The first-order valence-corrected chi connectivity index (χ1v) is 14.7. The summed E-state index contributed by atoms with van der Waals surface area (Å²) in [5.41, 5.74) is 4.03. The molecule has 43 heavy (non-hydrogen) atoms. The summed E-state index contributed by atoms with van der Waals surface area (Å²) in [7, 11) is 0. The van der Waals surface area contributed by atoms with Crippen molar-refractivity contribution in [1.29, 1.82) is 0 Å². The molecule has 0 aromatic heterocycles. The van der Waals surface area contributed by atoms with Crippen LogP contribution in [0.1, 0.15) is 28.7 Å². The smallest absolute Gasteiger partial charge is 0.198 e. The molecule has 1 aliphatic heterocycles. The van der Waals surface area contributed by atoms with Crippen molar-refractivity contribution in [3.05, 3.63) is 156 Å². The van der Waals surface area contributed by atoms with Crippen LogP contribution in [0.15, 0.2) is 134 Å². The van der Waals surface area contributed by atoms with Gasteiger partial charge in [0.05, 0.1) is 33.0 Å². The molecule has 5 rings (SSSR count). The summed E-state index contributed by atoms with van der Waals surface area (Å²) in [6, 6.07) is 39.7. The maximum atomic E-state index is 12.1. The average molecular weight is 581 g/mol. The molecule has 5 atom stereocenters. The molecule has 6 nitrogen and oxygen atoms in total. The second-order valence-corrected chi connectivity index (χ2v) is 10.7. The van der Waals surface area contributed by atoms with Crippen LogP contribution in [0.25, 0.3) is 0 Å². The van der Waals surface area contributed by atoms with Crippen molar-refractivity contribution in [3.8, 4) is 0 Å². The van der Waals surface area contributed by atoms with Crippen molar-refractivity contribution in [3.63, 3.8) is 0 Å². The summed E-state index contributed by atoms with van der Waals surface area (Å²) in [5, 5.41) is 12.1. The van der Waals surface area contributed by atoms with Crippen LogP contribution in [0.5, 0.6) is 0 Å². The lowest BCUT2D eigenvalue weighted by atomic mass is 9.89. The van der Waals surface area contributed by atoms with E-state index < -0.39 is 30.2 Å². The van der Waals surface area contributed by atoms with Crippen molar-refractivity contribution >= 4 is 0 Å². The van der Waals surface area contributed by atoms with Gasteiger partial charge in [-0.25, -0.2) is 0 Å². The molecule has 4 aromatic carbocycles. The third-order valence-corrected chi connectivity index (χ3v) is 7.46. The maximum absolute atomic E-state index is 12.1. The molecule has 6 heteroatoms. The fraction of sp³-hybridized carbons (Fsp3) is 0.297. The molecule has 1 fully saturated rings. The first-order chi connectivity index (χ1) is 21.1. The van der Waals surface area contributed by atoms with Crippen LogP contribution in [0, 0.1) is 0 Å². The minimum Gasteiger partial charge on any atom is -0.374 e. The highest BCUT2D eigenvalue weighted by molar-refractivity contribution is 5.17. The normalized spacial score (nSPS) is 23.6. The van der Waals surface area contributed by atoms with E-state index in [4.69, 9.17) is 23.7 Å². The van der Waals surface area contributed by atoms with Gasteiger partial charge in [0.1, 0.15) is 24.4 Å². The van der Waals surface area contributed by atoms with Gasteiger partial charge in [-0.2, -0.15) is 0 Å². The highest BCUT2D eigenvalue weighted by Crippen LogP contribution is 2.37. The molecule has 1 heterocycles. The summed E-state index contributed by atoms with van der Waals surface area (Å²) in [4.78, 5) is 0. The molecule has 0 radical (unpaired) electrons. The highest BCUT2D eigenvalue weighted by atomic mass is 16.7. The summed E-state index contributed by atoms with van der Waals surface area (Å²) >= 11 is 0. The Morgan fingerprint density at radius 3 is 1.49 bits per heavy atom. The molecule has 0 bridgehead atoms. The zero-order chi connectivity index (χ0) is 29.7. The average Bonchev–Trinajstić information content (AvgIpc) is 3.05. The van der Waals surface area contributed by atoms with Gasteiger partial charge >= 0.3 is 0 Å². The van der Waals surface area contributed by atoms with Crippen molar-refractivity contribution < 1.29 is 28.8 Å². The Morgan fingerprint density at radius 2 is 1.02 bits per heavy atom. The van der Waals surface area contributed by atoms with Crippen molar-refractivity contribution in [2.24, 2.45) is 0 Å². The molecule has 1 aliphatic rings.